The van der Waals surface area contributed by atoms with Gasteiger partial charge in [0.2, 0.25) is 11.7 Å². The van der Waals surface area contributed by atoms with Crippen LogP contribution in [0, 0.1) is 12.7 Å². The second kappa shape index (κ2) is 8.27. The van der Waals surface area contributed by atoms with E-state index in [0.717, 1.165) is 11.3 Å². The number of nitrogens with zero attached hydrogens (tertiary/aromatic N) is 4. The molecule has 0 saturated heterocycles. The number of halogens is 1. The number of hydrogen-bond donors (Lipinski definition) is 1. The molecule has 0 atom stereocenters. The Hall–Kier alpha value is -3.20. The fourth-order valence-corrected chi connectivity index (χ4v) is 3.98. The maximum atomic E-state index is 13.8. The number of hydrogen-bond acceptors (Lipinski definition) is 5. The van der Waals surface area contributed by atoms with Crippen molar-refractivity contribution in [1.82, 2.24) is 19.2 Å². The van der Waals surface area contributed by atoms with Crippen LogP contribution in [0.4, 0.5) is 10.1 Å². The van der Waals surface area contributed by atoms with Crippen LogP contribution in [0.3, 0.4) is 0 Å². The van der Waals surface area contributed by atoms with Crippen LogP contribution in [-0.2, 0) is 11.3 Å². The van der Waals surface area contributed by atoms with E-state index in [1.165, 1.54) is 34.5 Å². The zero-order valence-corrected chi connectivity index (χ0v) is 17.4. The topological polar surface area (TPSA) is 81.3 Å². The lowest BCUT2D eigenvalue weighted by atomic mass is 10.2. The molecule has 0 aliphatic carbocycles. The van der Waals surface area contributed by atoms with Crippen LogP contribution >= 0.6 is 11.8 Å². The second-order valence-electron chi connectivity index (χ2n) is 6.94. The summed E-state index contributed by atoms with van der Waals surface area (Å²) in [7, 11) is 0. The predicted octanol–water partition coefficient (Wildman–Crippen LogP) is 3.63. The number of amides is 1. The standard InChI is InChI=1S/C21H20FN5O2S/c1-3-10-26-19(29)16-11-14(22)6-9-17(16)27-20(26)24-25-21(27)30-12-18(28)23-15-7-4-13(2)5-8-15/h4-9,11H,3,10,12H2,1-2H3,(H,23,28). The Morgan fingerprint density at radius 2 is 1.93 bits per heavy atom. The molecule has 7 nitrogen and oxygen atoms in total. The predicted molar refractivity (Wildman–Crippen MR) is 116 cm³/mol. The fraction of sp³-hybridized carbons (Fsp3) is 0.238. The van der Waals surface area contributed by atoms with Gasteiger partial charge in [0.15, 0.2) is 5.16 Å². The van der Waals surface area contributed by atoms with Crippen LogP contribution < -0.4 is 10.9 Å². The Kier molecular flexibility index (Phi) is 5.54. The van der Waals surface area contributed by atoms with Gasteiger partial charge in [-0.25, -0.2) is 4.39 Å². The van der Waals surface area contributed by atoms with Gasteiger partial charge in [-0.2, -0.15) is 0 Å². The lowest BCUT2D eigenvalue weighted by Crippen LogP contribution is -2.23. The molecule has 0 bridgehead atoms. The van der Waals surface area contributed by atoms with Crippen LogP contribution in [0.15, 0.2) is 52.4 Å². The lowest BCUT2D eigenvalue weighted by molar-refractivity contribution is -0.113. The summed E-state index contributed by atoms with van der Waals surface area (Å²) in [6.45, 7) is 4.36. The van der Waals surface area contributed by atoms with Crippen LogP contribution in [0.2, 0.25) is 0 Å². The van der Waals surface area contributed by atoms with E-state index in [4.69, 9.17) is 0 Å². The molecular formula is C21H20FN5O2S. The van der Waals surface area contributed by atoms with Gasteiger partial charge in [0.25, 0.3) is 5.56 Å². The van der Waals surface area contributed by atoms with Crippen molar-refractivity contribution in [3.63, 3.8) is 0 Å². The summed E-state index contributed by atoms with van der Waals surface area (Å²) in [5, 5.41) is 11.9. The molecule has 0 spiro atoms. The zero-order chi connectivity index (χ0) is 21.3. The van der Waals surface area contributed by atoms with Crippen LogP contribution in [0.5, 0.6) is 0 Å². The largest absolute Gasteiger partial charge is 0.325 e. The molecule has 154 valence electrons. The molecule has 2 aromatic carbocycles. The van der Waals surface area contributed by atoms with Crippen LogP contribution in [0.25, 0.3) is 16.7 Å². The summed E-state index contributed by atoms with van der Waals surface area (Å²) in [4.78, 5) is 25.2. The molecule has 2 aromatic heterocycles. The van der Waals surface area contributed by atoms with Crippen molar-refractivity contribution in [3.8, 4) is 0 Å². The smallest absolute Gasteiger partial charge is 0.262 e. The molecule has 30 heavy (non-hydrogen) atoms. The highest BCUT2D eigenvalue weighted by Gasteiger charge is 2.18. The number of carbonyl (C=O) groups is 1. The van der Waals surface area contributed by atoms with Gasteiger partial charge in [0.05, 0.1) is 16.7 Å². The summed E-state index contributed by atoms with van der Waals surface area (Å²) in [6, 6.07) is 11.6. The van der Waals surface area contributed by atoms with E-state index in [1.807, 2.05) is 38.1 Å². The number of aryl methyl sites for hydroxylation is 2. The minimum Gasteiger partial charge on any atom is -0.325 e. The quantitative estimate of drug-likeness (QED) is 0.477. The van der Waals surface area contributed by atoms with Gasteiger partial charge in [0.1, 0.15) is 5.82 Å². The van der Waals surface area contributed by atoms with Gasteiger partial charge in [-0.05, 0) is 43.7 Å². The van der Waals surface area contributed by atoms with Crippen LogP contribution in [-0.4, -0.2) is 30.8 Å². The minimum absolute atomic E-state index is 0.115. The van der Waals surface area contributed by atoms with Crippen molar-refractivity contribution < 1.29 is 9.18 Å². The number of rotatable bonds is 6. The highest BCUT2D eigenvalue weighted by molar-refractivity contribution is 7.99. The molecule has 0 unspecified atom stereocenters. The second-order valence-corrected chi connectivity index (χ2v) is 7.88. The molecule has 9 heteroatoms. The molecule has 0 saturated carbocycles. The van der Waals surface area contributed by atoms with Gasteiger partial charge in [-0.1, -0.05) is 36.4 Å². The third-order valence-corrected chi connectivity index (χ3v) is 5.58. The van der Waals surface area contributed by atoms with E-state index in [1.54, 1.807) is 4.40 Å². The maximum Gasteiger partial charge on any atom is 0.262 e. The molecule has 2 heterocycles. The van der Waals surface area contributed by atoms with E-state index in [0.29, 0.717) is 29.4 Å². The minimum atomic E-state index is -0.484. The first-order chi connectivity index (χ1) is 14.5. The van der Waals surface area contributed by atoms with Crippen molar-refractivity contribution >= 4 is 40.0 Å². The molecule has 4 rings (SSSR count). The lowest BCUT2D eigenvalue weighted by Gasteiger charge is -2.10. The van der Waals surface area contributed by atoms with Gasteiger partial charge in [-0.3, -0.25) is 18.6 Å². The van der Waals surface area contributed by atoms with E-state index in [9.17, 15) is 14.0 Å². The number of anilines is 1. The molecule has 0 aliphatic heterocycles. The van der Waals surface area contributed by atoms with E-state index < -0.39 is 5.82 Å². The number of aromatic nitrogens is 4. The first kappa shape index (κ1) is 20.1. The number of fused-ring (bicyclic) bond motifs is 3. The van der Waals surface area contributed by atoms with Gasteiger partial charge in [0, 0.05) is 12.2 Å². The van der Waals surface area contributed by atoms with E-state index >= 15 is 0 Å². The van der Waals surface area contributed by atoms with Crippen molar-refractivity contribution in [2.45, 2.75) is 32.0 Å². The Morgan fingerprint density at radius 3 is 2.67 bits per heavy atom. The Balaban J connectivity index is 1.68. The van der Waals surface area contributed by atoms with E-state index in [2.05, 4.69) is 15.5 Å². The molecule has 4 aromatic rings. The Labute approximate surface area is 175 Å². The van der Waals surface area contributed by atoms with Crippen molar-refractivity contribution in [1.29, 1.82) is 0 Å². The molecule has 1 amide bonds. The molecule has 0 radical (unpaired) electrons. The van der Waals surface area contributed by atoms with Crippen LogP contribution in [0.1, 0.15) is 18.9 Å². The Bertz CT molecular complexity index is 1300. The maximum absolute atomic E-state index is 13.8. The fourth-order valence-electron chi connectivity index (χ4n) is 3.24. The normalized spacial score (nSPS) is 11.3. The summed E-state index contributed by atoms with van der Waals surface area (Å²) in [6.07, 6.45) is 0.713. The summed E-state index contributed by atoms with van der Waals surface area (Å²) in [5.74, 6) is -0.174. The first-order valence-electron chi connectivity index (χ1n) is 9.54. The molecule has 1 N–H and O–H groups in total. The molecule has 0 aliphatic rings. The van der Waals surface area contributed by atoms with Crippen molar-refractivity contribution in [2.75, 3.05) is 11.1 Å². The highest BCUT2D eigenvalue weighted by atomic mass is 32.2. The van der Waals surface area contributed by atoms with Crippen molar-refractivity contribution in [3.05, 3.63) is 64.2 Å². The molecule has 0 fully saturated rings. The number of carbonyl (C=O) groups excluding carboxylic acids is 1. The molecular weight excluding hydrogens is 405 g/mol. The third-order valence-electron chi connectivity index (χ3n) is 4.65. The van der Waals surface area contributed by atoms with Gasteiger partial charge in [-0.15, -0.1) is 10.2 Å². The van der Waals surface area contributed by atoms with Gasteiger partial charge < -0.3 is 5.32 Å². The zero-order valence-electron chi connectivity index (χ0n) is 16.6. The highest BCUT2D eigenvalue weighted by Crippen LogP contribution is 2.22. The van der Waals surface area contributed by atoms with E-state index in [-0.39, 0.29) is 22.6 Å². The average Bonchev–Trinajstić information content (AvgIpc) is 3.15. The third kappa shape index (κ3) is 3.80. The summed E-state index contributed by atoms with van der Waals surface area (Å²) in [5.41, 5.74) is 2.03. The number of nitrogens with one attached hydrogen (secondary N) is 1. The summed E-state index contributed by atoms with van der Waals surface area (Å²) >= 11 is 1.21. The monoisotopic (exact) mass is 425 g/mol. The number of thioether (sulfide) groups is 1. The summed E-state index contributed by atoms with van der Waals surface area (Å²) < 4.78 is 17.0. The van der Waals surface area contributed by atoms with Crippen molar-refractivity contribution in [2.24, 2.45) is 0 Å². The number of benzene rings is 2. The Morgan fingerprint density at radius 1 is 1.17 bits per heavy atom. The average molecular weight is 425 g/mol. The first-order valence-corrected chi connectivity index (χ1v) is 10.5. The SMILES string of the molecule is CCCn1c(=O)c2cc(F)ccc2n2c(SCC(=O)Nc3ccc(C)cc3)nnc12. The van der Waals surface area contributed by atoms with Gasteiger partial charge >= 0.3 is 0 Å².